The number of methoxy groups -OCH3 is 1. The van der Waals surface area contributed by atoms with Crippen molar-refractivity contribution >= 4 is 51.1 Å². The second-order valence-electron chi connectivity index (χ2n) is 14.9. The number of nitrogens with one attached hydrogen (secondary N) is 2. The van der Waals surface area contributed by atoms with Crippen molar-refractivity contribution in [1.82, 2.24) is 24.8 Å². The number of amides is 2. The number of fused-ring (bicyclic) bond motifs is 8. The largest absolute Gasteiger partial charge is 0.469 e. The zero-order chi connectivity index (χ0) is 38.0. The third kappa shape index (κ3) is 7.15. The minimum Gasteiger partial charge on any atom is -0.469 e. The van der Waals surface area contributed by atoms with Crippen LogP contribution in [0.1, 0.15) is 178 Å². The van der Waals surface area contributed by atoms with E-state index in [0.717, 1.165) is 93.9 Å². The summed E-state index contributed by atoms with van der Waals surface area (Å²) in [7, 11) is 1.40. The number of aromatic nitrogens is 4. The van der Waals surface area contributed by atoms with Crippen molar-refractivity contribution in [2.24, 2.45) is 0 Å². The number of aromatic amines is 2. The highest BCUT2D eigenvalue weighted by molar-refractivity contribution is 6.23. The maximum Gasteiger partial charge on any atom is 0.305 e. The van der Waals surface area contributed by atoms with Gasteiger partial charge in [0.15, 0.2) is 0 Å². The first-order valence-corrected chi connectivity index (χ1v) is 19.6. The topological polar surface area (TPSA) is 121 Å². The third-order valence-corrected chi connectivity index (χ3v) is 11.7. The maximum absolute atomic E-state index is 14.8. The zero-order valence-corrected chi connectivity index (χ0v) is 32.6. The lowest BCUT2D eigenvalue weighted by Gasteiger charge is -2.27. The average molecular weight is 718 g/mol. The van der Waals surface area contributed by atoms with Crippen LogP contribution in [-0.2, 0) is 9.53 Å². The first-order chi connectivity index (χ1) is 25.5. The molecule has 0 saturated carbocycles. The number of carbonyl (C=O) groups is 3. The minimum atomic E-state index is -0.314. The molecule has 0 saturated heterocycles. The van der Waals surface area contributed by atoms with Crippen molar-refractivity contribution in [2.45, 2.75) is 124 Å². The maximum atomic E-state index is 14.8. The van der Waals surface area contributed by atoms with E-state index in [-0.39, 0.29) is 36.0 Å². The summed E-state index contributed by atoms with van der Waals surface area (Å²) in [5.41, 5.74) is 12.1. The van der Waals surface area contributed by atoms with E-state index < -0.39 is 0 Å². The number of allylic oxidation sites excluding steroid dienone is 5. The number of H-pyrrole nitrogens is 2. The van der Waals surface area contributed by atoms with Gasteiger partial charge in [-0.1, -0.05) is 78.4 Å². The molecule has 2 atom stereocenters. The van der Waals surface area contributed by atoms with E-state index in [9.17, 15) is 14.4 Å². The molecule has 2 aromatic heterocycles. The molecule has 280 valence electrons. The Morgan fingerprint density at radius 1 is 0.868 bits per heavy atom. The van der Waals surface area contributed by atoms with Crippen LogP contribution < -0.4 is 0 Å². The molecule has 4 aliphatic heterocycles. The van der Waals surface area contributed by atoms with E-state index in [2.05, 4.69) is 50.3 Å². The molecular weight excluding hydrogens is 663 g/mol. The van der Waals surface area contributed by atoms with E-state index in [0.29, 0.717) is 35.3 Å². The van der Waals surface area contributed by atoms with Crippen LogP contribution >= 0.6 is 0 Å². The molecular formula is C44H55N5O4. The van der Waals surface area contributed by atoms with Crippen LogP contribution in [0.3, 0.4) is 0 Å². The fourth-order valence-corrected chi connectivity index (χ4v) is 8.41. The predicted octanol–water partition coefficient (Wildman–Crippen LogP) is 10.4. The van der Waals surface area contributed by atoms with Crippen molar-refractivity contribution in [3.63, 3.8) is 0 Å². The molecule has 0 radical (unpaired) electrons. The summed E-state index contributed by atoms with van der Waals surface area (Å²) in [6.07, 6.45) is 12.2. The van der Waals surface area contributed by atoms with Crippen LogP contribution in [0.4, 0.5) is 0 Å². The predicted molar refractivity (Wildman–Crippen MR) is 213 cm³/mol. The standard InChI is InChI=1S/C44H55N5O4/c1-9-12-13-14-15-16-17-18-21-49-43(51)39-28(7)35-24-37-30(11-3)26(5)33(46-37)23-36-29(10-2)25(4)32(45-36)22-34-27(6)31(19-20-38(50)53-8)41(47-34)40(44(49)52)42(39)48-35/h10,22-24,27,31,47-48H,2,9,11-21H2,1,3-8H3/t27-,31-/m0/s1. The number of carbonyl (C=O) groups excluding carboxylic acids is 3. The summed E-state index contributed by atoms with van der Waals surface area (Å²) >= 11 is 0. The molecule has 0 unspecified atom stereocenters. The molecule has 9 heteroatoms. The quantitative estimate of drug-likeness (QED) is 0.114. The third-order valence-electron chi connectivity index (χ3n) is 11.7. The Bertz CT molecular complexity index is 2090. The van der Waals surface area contributed by atoms with Crippen LogP contribution in [0.25, 0.3) is 33.3 Å². The monoisotopic (exact) mass is 717 g/mol. The molecule has 0 fully saturated rings. The number of hydrogen-bond acceptors (Lipinski definition) is 6. The highest BCUT2D eigenvalue weighted by Crippen LogP contribution is 2.45. The molecule has 6 heterocycles. The first-order valence-electron chi connectivity index (χ1n) is 19.6. The number of esters is 1. The van der Waals surface area contributed by atoms with Gasteiger partial charge < -0.3 is 14.7 Å². The number of aryl methyl sites for hydroxylation is 1. The molecule has 53 heavy (non-hydrogen) atoms. The van der Waals surface area contributed by atoms with Crippen LogP contribution in [0.15, 0.2) is 30.9 Å². The smallest absolute Gasteiger partial charge is 0.305 e. The van der Waals surface area contributed by atoms with Gasteiger partial charge in [-0.15, -0.1) is 0 Å². The fourth-order valence-electron chi connectivity index (χ4n) is 8.41. The molecule has 8 bridgehead atoms. The van der Waals surface area contributed by atoms with Crippen LogP contribution in [0.5, 0.6) is 0 Å². The Morgan fingerprint density at radius 3 is 2.21 bits per heavy atom. The average Bonchev–Trinajstić information content (AvgIpc) is 3.82. The first kappa shape index (κ1) is 38.0. The molecule has 2 N–H and O–H groups in total. The van der Waals surface area contributed by atoms with Crippen LogP contribution in [0, 0.1) is 6.92 Å². The van der Waals surface area contributed by atoms with Gasteiger partial charge in [0.05, 0.1) is 46.5 Å². The van der Waals surface area contributed by atoms with Gasteiger partial charge in [-0.05, 0) is 80.5 Å². The van der Waals surface area contributed by atoms with Crippen molar-refractivity contribution < 1.29 is 19.1 Å². The summed E-state index contributed by atoms with van der Waals surface area (Å²) in [4.78, 5) is 60.6. The van der Waals surface area contributed by atoms with Gasteiger partial charge in [-0.3, -0.25) is 19.3 Å². The molecule has 0 spiro atoms. The van der Waals surface area contributed by atoms with Crippen molar-refractivity contribution in [3.8, 4) is 0 Å². The Morgan fingerprint density at radius 2 is 1.53 bits per heavy atom. The van der Waals surface area contributed by atoms with E-state index in [1.807, 2.05) is 32.1 Å². The van der Waals surface area contributed by atoms with Crippen LogP contribution in [0.2, 0.25) is 0 Å². The number of nitrogens with zero attached hydrogens (tertiary/aromatic N) is 3. The lowest BCUT2D eigenvalue weighted by molar-refractivity contribution is -0.140. The summed E-state index contributed by atoms with van der Waals surface area (Å²) < 4.78 is 5.05. The summed E-state index contributed by atoms with van der Waals surface area (Å²) in [5, 5.41) is 0. The Kier molecular flexibility index (Phi) is 11.5. The minimum absolute atomic E-state index is 0.0843. The van der Waals surface area contributed by atoms with Crippen molar-refractivity contribution in [3.05, 3.63) is 81.7 Å². The van der Waals surface area contributed by atoms with Crippen LogP contribution in [-0.4, -0.2) is 56.3 Å². The number of ether oxygens (including phenoxy) is 1. The molecule has 9 nitrogen and oxygen atoms in total. The molecule has 0 aliphatic carbocycles. The molecule has 6 rings (SSSR count). The van der Waals surface area contributed by atoms with Gasteiger partial charge in [-0.25, -0.2) is 9.97 Å². The van der Waals surface area contributed by atoms with Crippen molar-refractivity contribution in [1.29, 1.82) is 0 Å². The fraction of sp³-hybridized carbons (Fsp3) is 0.477. The molecule has 2 amide bonds. The van der Waals surface area contributed by atoms with E-state index in [4.69, 9.17) is 14.7 Å². The Labute approximate surface area is 313 Å². The lowest BCUT2D eigenvalue weighted by Crippen LogP contribution is -2.41. The lowest BCUT2D eigenvalue weighted by atomic mass is 9.84. The Hall–Kier alpha value is -4.79. The van der Waals surface area contributed by atoms with E-state index >= 15 is 0 Å². The Balaban J connectivity index is 1.59. The highest BCUT2D eigenvalue weighted by Gasteiger charge is 2.40. The second kappa shape index (κ2) is 16.1. The van der Waals surface area contributed by atoms with E-state index in [1.54, 1.807) is 0 Å². The SMILES string of the molecule is C=CC1=C(C)c2cc3[nH]c(c4c5[nH]c(cc6nc(cc1n2)C(C)=C6CC)c(C)c5C(=O)N(CCCCCCCCCC)C4=O)[C@@H](CCC(=O)OC)[C@@H]3C. The summed E-state index contributed by atoms with van der Waals surface area (Å²) in [5.74, 6) is -1.19. The summed E-state index contributed by atoms with van der Waals surface area (Å²) in [6.45, 7) is 17.0. The highest BCUT2D eigenvalue weighted by atomic mass is 16.5. The molecule has 0 aromatic carbocycles. The second-order valence-corrected chi connectivity index (χ2v) is 14.9. The summed E-state index contributed by atoms with van der Waals surface area (Å²) in [6, 6.07) is 6.11. The van der Waals surface area contributed by atoms with E-state index in [1.165, 1.54) is 37.7 Å². The van der Waals surface area contributed by atoms with Gasteiger partial charge in [0.2, 0.25) is 0 Å². The number of hydrogen-bond donors (Lipinski definition) is 2. The number of imide groups is 1. The zero-order valence-electron chi connectivity index (χ0n) is 32.6. The van der Waals surface area contributed by atoms with Gasteiger partial charge in [0.25, 0.3) is 11.8 Å². The molecule has 2 aromatic rings. The van der Waals surface area contributed by atoms with Gasteiger partial charge in [-0.2, -0.15) is 0 Å². The van der Waals surface area contributed by atoms with Gasteiger partial charge >= 0.3 is 5.97 Å². The normalized spacial score (nSPS) is 17.5. The van der Waals surface area contributed by atoms with Crippen molar-refractivity contribution in [2.75, 3.05) is 13.7 Å². The number of rotatable bonds is 14. The number of unbranched alkanes of at least 4 members (excludes halogenated alkanes) is 7. The van der Waals surface area contributed by atoms with Gasteiger partial charge in [0.1, 0.15) is 0 Å². The van der Waals surface area contributed by atoms with Gasteiger partial charge in [0, 0.05) is 47.3 Å². The molecule has 4 aliphatic rings.